The van der Waals surface area contributed by atoms with Crippen molar-refractivity contribution >= 4 is 23.2 Å². The van der Waals surface area contributed by atoms with Crippen LogP contribution in [0.5, 0.6) is 0 Å². The molecule has 4 N–H and O–H groups in total. The molecule has 1 amide bonds. The average molecular weight is 243 g/mol. The first-order chi connectivity index (χ1) is 7.41. The van der Waals surface area contributed by atoms with Gasteiger partial charge in [-0.3, -0.25) is 9.59 Å². The maximum absolute atomic E-state index is 11.5. The molecular formula is C9H13N3O3S. The summed E-state index contributed by atoms with van der Waals surface area (Å²) in [6.45, 7) is 3.15. The number of carbonyl (C=O) groups is 2. The molecule has 0 fully saturated rings. The van der Waals surface area contributed by atoms with Crippen LogP contribution in [-0.4, -0.2) is 28.0 Å². The summed E-state index contributed by atoms with van der Waals surface area (Å²) in [5.74, 6) is -1.59. The van der Waals surface area contributed by atoms with E-state index in [2.05, 4.69) is 10.3 Å². The molecule has 0 spiro atoms. The minimum absolute atomic E-state index is 0.199. The fraction of sp³-hybridized carbons (Fsp3) is 0.444. The minimum Gasteiger partial charge on any atom is -0.480 e. The van der Waals surface area contributed by atoms with E-state index < -0.39 is 17.9 Å². The molecule has 0 aliphatic heterocycles. The van der Waals surface area contributed by atoms with Crippen LogP contribution in [0, 0.1) is 0 Å². The molecule has 88 valence electrons. The molecule has 1 heterocycles. The maximum Gasteiger partial charge on any atom is 0.325 e. The number of aliphatic carboxylic acids is 1. The number of hydrogen-bond donors (Lipinski definition) is 3. The second-order valence-corrected chi connectivity index (χ2v) is 4.28. The Hall–Kier alpha value is -1.47. The summed E-state index contributed by atoms with van der Waals surface area (Å²) < 4.78 is 0. The highest BCUT2D eigenvalue weighted by Gasteiger charge is 2.18. The Labute approximate surface area is 96.5 Å². The Bertz CT molecular complexity index is 402. The van der Waals surface area contributed by atoms with Crippen LogP contribution in [-0.2, 0) is 4.79 Å². The number of rotatable bonds is 4. The van der Waals surface area contributed by atoms with E-state index in [-0.39, 0.29) is 11.7 Å². The van der Waals surface area contributed by atoms with Crippen LogP contribution < -0.4 is 11.1 Å². The Kier molecular flexibility index (Phi) is 3.97. The van der Waals surface area contributed by atoms with Crippen LogP contribution in [0.1, 0.15) is 35.4 Å². The Morgan fingerprint density at radius 3 is 2.62 bits per heavy atom. The van der Waals surface area contributed by atoms with Crippen molar-refractivity contribution in [3.8, 4) is 0 Å². The van der Waals surface area contributed by atoms with E-state index in [1.165, 1.54) is 18.3 Å². The van der Waals surface area contributed by atoms with Gasteiger partial charge >= 0.3 is 5.97 Å². The van der Waals surface area contributed by atoms with Crippen LogP contribution in [0.4, 0.5) is 0 Å². The number of nitrogens with one attached hydrogen (secondary N) is 1. The van der Waals surface area contributed by atoms with Crippen molar-refractivity contribution in [1.29, 1.82) is 0 Å². The topological polar surface area (TPSA) is 105 Å². The number of carbonyl (C=O) groups excluding carboxylic acids is 1. The molecule has 1 rings (SSSR count). The highest BCUT2D eigenvalue weighted by Crippen LogP contribution is 2.15. The van der Waals surface area contributed by atoms with Gasteiger partial charge in [0.25, 0.3) is 5.91 Å². The number of carboxylic acids is 1. The molecule has 7 heteroatoms. The van der Waals surface area contributed by atoms with Crippen molar-refractivity contribution in [2.75, 3.05) is 0 Å². The zero-order valence-electron chi connectivity index (χ0n) is 8.93. The number of amides is 1. The number of nitrogens with zero attached hydrogens (tertiary/aromatic N) is 1. The van der Waals surface area contributed by atoms with Gasteiger partial charge in [-0.15, -0.1) is 11.3 Å². The van der Waals surface area contributed by atoms with Gasteiger partial charge in [0, 0.05) is 5.38 Å². The lowest BCUT2D eigenvalue weighted by atomic mass is 10.3. The van der Waals surface area contributed by atoms with Crippen LogP contribution in [0.3, 0.4) is 0 Å². The average Bonchev–Trinajstić information content (AvgIpc) is 2.65. The van der Waals surface area contributed by atoms with Gasteiger partial charge in [-0.25, -0.2) is 4.98 Å². The predicted molar refractivity (Wildman–Crippen MR) is 59.3 cm³/mol. The number of carboxylic acid groups (broad SMARTS) is 1. The number of aromatic nitrogens is 1. The van der Waals surface area contributed by atoms with Crippen molar-refractivity contribution in [1.82, 2.24) is 10.3 Å². The van der Waals surface area contributed by atoms with Gasteiger partial charge in [0.2, 0.25) is 0 Å². The standard InChI is InChI=1S/C9H13N3O3S/c1-4(10)8-12-6(3-16-8)7(13)11-5(2)9(14)15/h3-5H,10H2,1-2H3,(H,11,13)(H,14,15)/t4?,5-/m0/s1. The molecule has 1 aromatic heterocycles. The molecular weight excluding hydrogens is 230 g/mol. The summed E-state index contributed by atoms with van der Waals surface area (Å²) in [7, 11) is 0. The molecule has 0 bridgehead atoms. The predicted octanol–water partition coefficient (Wildman–Crippen LogP) is 0.366. The summed E-state index contributed by atoms with van der Waals surface area (Å²) >= 11 is 1.28. The van der Waals surface area contributed by atoms with E-state index in [0.717, 1.165) is 0 Å². The second kappa shape index (κ2) is 5.04. The van der Waals surface area contributed by atoms with Crippen LogP contribution in [0.25, 0.3) is 0 Å². The van der Waals surface area contributed by atoms with E-state index in [1.807, 2.05) is 0 Å². The largest absolute Gasteiger partial charge is 0.480 e. The van der Waals surface area contributed by atoms with E-state index in [1.54, 1.807) is 12.3 Å². The van der Waals surface area contributed by atoms with Gasteiger partial charge in [0.1, 0.15) is 16.7 Å². The third-order valence-electron chi connectivity index (χ3n) is 1.86. The first kappa shape index (κ1) is 12.6. The summed E-state index contributed by atoms with van der Waals surface area (Å²) in [5, 5.41) is 13.1. The monoisotopic (exact) mass is 243 g/mol. The molecule has 1 aromatic rings. The maximum atomic E-state index is 11.5. The van der Waals surface area contributed by atoms with Gasteiger partial charge in [-0.05, 0) is 13.8 Å². The third-order valence-corrected chi connectivity index (χ3v) is 2.91. The van der Waals surface area contributed by atoms with Crippen molar-refractivity contribution in [3.63, 3.8) is 0 Å². The second-order valence-electron chi connectivity index (χ2n) is 3.39. The minimum atomic E-state index is -1.09. The lowest BCUT2D eigenvalue weighted by molar-refractivity contribution is -0.138. The van der Waals surface area contributed by atoms with E-state index in [4.69, 9.17) is 10.8 Å². The molecule has 6 nitrogen and oxygen atoms in total. The Balaban J connectivity index is 2.70. The molecule has 0 saturated carbocycles. The molecule has 0 aliphatic carbocycles. The Morgan fingerprint density at radius 1 is 1.56 bits per heavy atom. The third kappa shape index (κ3) is 3.01. The van der Waals surface area contributed by atoms with Crippen molar-refractivity contribution < 1.29 is 14.7 Å². The Morgan fingerprint density at radius 2 is 2.19 bits per heavy atom. The normalized spacial score (nSPS) is 14.2. The molecule has 0 saturated heterocycles. The van der Waals surface area contributed by atoms with Gasteiger partial charge in [-0.2, -0.15) is 0 Å². The zero-order chi connectivity index (χ0) is 12.3. The van der Waals surface area contributed by atoms with Crippen LogP contribution in [0.15, 0.2) is 5.38 Å². The lowest BCUT2D eigenvalue weighted by Gasteiger charge is -2.06. The number of nitrogens with two attached hydrogens (primary N) is 1. The first-order valence-electron chi connectivity index (χ1n) is 4.66. The van der Waals surface area contributed by atoms with Gasteiger partial charge in [0.05, 0.1) is 6.04 Å². The summed E-state index contributed by atoms with van der Waals surface area (Å²) in [4.78, 5) is 26.1. The summed E-state index contributed by atoms with van der Waals surface area (Å²) in [6, 6.07) is -1.17. The van der Waals surface area contributed by atoms with Gasteiger partial charge < -0.3 is 16.2 Å². The molecule has 0 aliphatic rings. The number of thiazole rings is 1. The smallest absolute Gasteiger partial charge is 0.325 e. The van der Waals surface area contributed by atoms with E-state index in [0.29, 0.717) is 5.01 Å². The SMILES string of the molecule is CC(N)c1nc(C(=O)N[C@@H](C)C(=O)O)cs1. The fourth-order valence-electron chi connectivity index (χ4n) is 0.933. The number of hydrogen-bond acceptors (Lipinski definition) is 5. The molecule has 0 radical (unpaired) electrons. The highest BCUT2D eigenvalue weighted by molar-refractivity contribution is 7.09. The zero-order valence-corrected chi connectivity index (χ0v) is 9.75. The molecule has 16 heavy (non-hydrogen) atoms. The first-order valence-corrected chi connectivity index (χ1v) is 5.54. The van der Waals surface area contributed by atoms with Crippen molar-refractivity contribution in [3.05, 3.63) is 16.1 Å². The molecule has 2 atom stereocenters. The molecule has 1 unspecified atom stereocenters. The van der Waals surface area contributed by atoms with E-state index in [9.17, 15) is 9.59 Å². The van der Waals surface area contributed by atoms with Gasteiger partial charge in [0.15, 0.2) is 0 Å². The van der Waals surface area contributed by atoms with Crippen LogP contribution in [0.2, 0.25) is 0 Å². The summed E-state index contributed by atoms with van der Waals surface area (Å²) in [5.41, 5.74) is 5.80. The van der Waals surface area contributed by atoms with E-state index >= 15 is 0 Å². The molecule has 0 aromatic carbocycles. The van der Waals surface area contributed by atoms with Crippen molar-refractivity contribution in [2.45, 2.75) is 25.9 Å². The summed E-state index contributed by atoms with van der Waals surface area (Å²) in [6.07, 6.45) is 0. The van der Waals surface area contributed by atoms with Gasteiger partial charge in [-0.1, -0.05) is 0 Å². The fourth-order valence-corrected chi connectivity index (χ4v) is 1.69. The quantitative estimate of drug-likeness (QED) is 0.708. The lowest BCUT2D eigenvalue weighted by Crippen LogP contribution is -2.38. The van der Waals surface area contributed by atoms with Crippen molar-refractivity contribution in [2.24, 2.45) is 5.73 Å². The highest BCUT2D eigenvalue weighted by atomic mass is 32.1. The van der Waals surface area contributed by atoms with Crippen LogP contribution >= 0.6 is 11.3 Å².